The monoisotopic (exact) mass is 325 g/mol. The molecule has 0 saturated heterocycles. The first kappa shape index (κ1) is 18.4. The van der Waals surface area contributed by atoms with Crippen molar-refractivity contribution < 1.29 is 4.74 Å². The van der Waals surface area contributed by atoms with Gasteiger partial charge in [-0.1, -0.05) is 64.0 Å². The largest absolute Gasteiger partial charge is 0.457 e. The van der Waals surface area contributed by atoms with E-state index < -0.39 is 0 Å². The number of anilines is 1. The predicted molar refractivity (Wildman–Crippen MR) is 104 cm³/mol. The minimum atomic E-state index is 0.755. The topological polar surface area (TPSA) is 35.2 Å². The van der Waals surface area contributed by atoms with Crippen LogP contribution in [0.3, 0.4) is 0 Å². The molecule has 0 spiro atoms. The van der Waals surface area contributed by atoms with E-state index in [0.717, 1.165) is 23.6 Å². The average molecular weight is 325 g/mol. The highest BCUT2D eigenvalue weighted by Gasteiger charge is 2.00. The highest BCUT2D eigenvalue weighted by atomic mass is 16.5. The molecule has 2 rings (SSSR count). The van der Waals surface area contributed by atoms with Crippen LogP contribution in [0.5, 0.6) is 11.5 Å². The molecule has 0 aliphatic heterocycles. The van der Waals surface area contributed by atoms with Crippen LogP contribution < -0.4 is 10.5 Å². The number of unbranched alkanes of at least 4 members (excludes halogenated alkanes) is 7. The minimum absolute atomic E-state index is 0.755. The molecule has 2 aromatic rings. The van der Waals surface area contributed by atoms with Crippen LogP contribution in [0.1, 0.15) is 63.9 Å². The van der Waals surface area contributed by atoms with E-state index in [2.05, 4.69) is 25.1 Å². The van der Waals surface area contributed by atoms with Gasteiger partial charge >= 0.3 is 0 Å². The first-order valence-corrected chi connectivity index (χ1v) is 9.40. The van der Waals surface area contributed by atoms with Gasteiger partial charge in [-0.25, -0.2) is 0 Å². The summed E-state index contributed by atoms with van der Waals surface area (Å²) in [5, 5.41) is 0. The lowest BCUT2D eigenvalue weighted by atomic mass is 10.0. The second-order valence-corrected chi connectivity index (χ2v) is 6.54. The van der Waals surface area contributed by atoms with Gasteiger partial charge in [-0.2, -0.15) is 0 Å². The summed E-state index contributed by atoms with van der Waals surface area (Å²) in [5.41, 5.74) is 7.81. The Morgan fingerprint density at radius 2 is 1.42 bits per heavy atom. The molecule has 130 valence electrons. The SMILES string of the molecule is CCCCCCCCCCc1cccc(Oc2ccc(N)cc2)c1. The van der Waals surface area contributed by atoms with Crippen LogP contribution in [0.15, 0.2) is 48.5 Å². The van der Waals surface area contributed by atoms with Crippen LogP contribution in [-0.4, -0.2) is 0 Å². The fraction of sp³-hybridized carbons (Fsp3) is 0.455. The molecule has 2 N–H and O–H groups in total. The highest BCUT2D eigenvalue weighted by Crippen LogP contribution is 2.23. The van der Waals surface area contributed by atoms with E-state index in [9.17, 15) is 0 Å². The van der Waals surface area contributed by atoms with E-state index in [1.807, 2.05) is 30.3 Å². The molecule has 0 atom stereocenters. The van der Waals surface area contributed by atoms with E-state index in [0.29, 0.717) is 0 Å². The van der Waals surface area contributed by atoms with Crippen LogP contribution in [0.2, 0.25) is 0 Å². The molecule has 0 heterocycles. The average Bonchev–Trinajstić information content (AvgIpc) is 2.60. The van der Waals surface area contributed by atoms with Gasteiger partial charge < -0.3 is 10.5 Å². The van der Waals surface area contributed by atoms with Gasteiger partial charge in [-0.3, -0.25) is 0 Å². The van der Waals surface area contributed by atoms with E-state index in [4.69, 9.17) is 10.5 Å². The van der Waals surface area contributed by atoms with E-state index in [1.165, 1.54) is 56.9 Å². The first-order chi connectivity index (χ1) is 11.8. The van der Waals surface area contributed by atoms with Gasteiger partial charge in [0.05, 0.1) is 0 Å². The Labute approximate surface area is 147 Å². The molecule has 0 amide bonds. The summed E-state index contributed by atoms with van der Waals surface area (Å²) in [6.07, 6.45) is 12.0. The van der Waals surface area contributed by atoms with Crippen LogP contribution in [0.25, 0.3) is 0 Å². The highest BCUT2D eigenvalue weighted by molar-refractivity contribution is 5.43. The van der Waals surface area contributed by atoms with Gasteiger partial charge in [-0.15, -0.1) is 0 Å². The Kier molecular flexibility index (Phi) is 8.23. The third-order valence-corrected chi connectivity index (χ3v) is 4.33. The van der Waals surface area contributed by atoms with Crippen LogP contribution in [0.4, 0.5) is 5.69 Å². The standard InChI is InChI=1S/C22H31NO/c1-2-3-4-5-6-7-8-9-11-19-12-10-13-22(18-19)24-21-16-14-20(23)15-17-21/h10,12-18H,2-9,11,23H2,1H3. The lowest BCUT2D eigenvalue weighted by Gasteiger charge is -2.08. The Balaban J connectivity index is 1.69. The Bertz CT molecular complexity index is 577. The maximum absolute atomic E-state index is 5.90. The Morgan fingerprint density at radius 3 is 2.12 bits per heavy atom. The van der Waals surface area contributed by atoms with Crippen LogP contribution >= 0.6 is 0 Å². The maximum Gasteiger partial charge on any atom is 0.127 e. The number of hydrogen-bond donors (Lipinski definition) is 1. The number of hydrogen-bond acceptors (Lipinski definition) is 2. The lowest BCUT2D eigenvalue weighted by Crippen LogP contribution is -1.90. The van der Waals surface area contributed by atoms with Crippen molar-refractivity contribution in [1.29, 1.82) is 0 Å². The molecule has 0 unspecified atom stereocenters. The van der Waals surface area contributed by atoms with Crippen LogP contribution in [-0.2, 0) is 6.42 Å². The molecule has 2 aromatic carbocycles. The van der Waals surface area contributed by atoms with Gasteiger partial charge in [0.25, 0.3) is 0 Å². The number of benzene rings is 2. The fourth-order valence-electron chi connectivity index (χ4n) is 2.90. The van der Waals surface area contributed by atoms with Crippen molar-refractivity contribution in [3.05, 3.63) is 54.1 Å². The normalized spacial score (nSPS) is 10.7. The molecule has 0 saturated carbocycles. The first-order valence-electron chi connectivity index (χ1n) is 9.40. The molecule has 24 heavy (non-hydrogen) atoms. The summed E-state index contributed by atoms with van der Waals surface area (Å²) in [5.74, 6) is 1.73. The molecule has 0 radical (unpaired) electrons. The lowest BCUT2D eigenvalue weighted by molar-refractivity contribution is 0.482. The molecule has 0 fully saturated rings. The molecule has 0 aromatic heterocycles. The summed E-state index contributed by atoms with van der Waals surface area (Å²) in [6, 6.07) is 16.0. The number of rotatable bonds is 11. The number of nitrogen functional groups attached to an aromatic ring is 1. The van der Waals surface area contributed by atoms with Gasteiger partial charge in [0, 0.05) is 5.69 Å². The molecule has 0 aliphatic carbocycles. The van der Waals surface area contributed by atoms with Crippen molar-refractivity contribution in [3.63, 3.8) is 0 Å². The zero-order valence-electron chi connectivity index (χ0n) is 15.0. The van der Waals surface area contributed by atoms with E-state index in [1.54, 1.807) is 0 Å². The van der Waals surface area contributed by atoms with Gasteiger partial charge in [0.15, 0.2) is 0 Å². The van der Waals surface area contributed by atoms with E-state index >= 15 is 0 Å². The summed E-state index contributed by atoms with van der Waals surface area (Å²) < 4.78 is 5.90. The Morgan fingerprint density at radius 1 is 0.750 bits per heavy atom. The molecular formula is C22H31NO. The summed E-state index contributed by atoms with van der Waals surface area (Å²) >= 11 is 0. The fourth-order valence-corrected chi connectivity index (χ4v) is 2.90. The van der Waals surface area contributed by atoms with Crippen LogP contribution in [0, 0.1) is 0 Å². The summed E-state index contributed by atoms with van der Waals surface area (Å²) in [7, 11) is 0. The molecule has 0 aliphatic rings. The Hall–Kier alpha value is -1.96. The second kappa shape index (κ2) is 10.7. The predicted octanol–water partition coefficient (Wildman–Crippen LogP) is 6.74. The zero-order valence-corrected chi connectivity index (χ0v) is 15.0. The van der Waals surface area contributed by atoms with Crippen molar-refractivity contribution in [1.82, 2.24) is 0 Å². The number of ether oxygens (including phenoxy) is 1. The summed E-state index contributed by atoms with van der Waals surface area (Å²) in [6.45, 7) is 2.27. The maximum atomic E-state index is 5.90. The third kappa shape index (κ3) is 7.08. The minimum Gasteiger partial charge on any atom is -0.457 e. The number of nitrogens with two attached hydrogens (primary N) is 1. The van der Waals surface area contributed by atoms with Gasteiger partial charge in [0.2, 0.25) is 0 Å². The zero-order chi connectivity index (χ0) is 17.0. The van der Waals surface area contributed by atoms with Crippen molar-refractivity contribution >= 4 is 5.69 Å². The second-order valence-electron chi connectivity index (χ2n) is 6.54. The quantitative estimate of drug-likeness (QED) is 0.366. The van der Waals surface area contributed by atoms with Crippen molar-refractivity contribution in [2.24, 2.45) is 0 Å². The van der Waals surface area contributed by atoms with Gasteiger partial charge in [0.1, 0.15) is 11.5 Å². The molecule has 2 heteroatoms. The van der Waals surface area contributed by atoms with E-state index in [-0.39, 0.29) is 0 Å². The van der Waals surface area contributed by atoms with Crippen molar-refractivity contribution in [3.8, 4) is 11.5 Å². The van der Waals surface area contributed by atoms with Gasteiger partial charge in [-0.05, 0) is 54.8 Å². The summed E-state index contributed by atoms with van der Waals surface area (Å²) in [4.78, 5) is 0. The molecular weight excluding hydrogens is 294 g/mol. The smallest absolute Gasteiger partial charge is 0.127 e. The molecule has 2 nitrogen and oxygen atoms in total. The van der Waals surface area contributed by atoms with Crippen molar-refractivity contribution in [2.75, 3.05) is 5.73 Å². The molecule has 0 bridgehead atoms. The number of aryl methyl sites for hydroxylation is 1. The van der Waals surface area contributed by atoms with Crippen molar-refractivity contribution in [2.45, 2.75) is 64.7 Å². The third-order valence-electron chi connectivity index (χ3n) is 4.33.